The number of aliphatic hydroxyl groups is 1. The molecule has 1 aliphatic rings. The van der Waals surface area contributed by atoms with Crippen molar-refractivity contribution in [2.24, 2.45) is 0 Å². The number of rotatable bonds is 4. The highest BCUT2D eigenvalue weighted by Gasteiger charge is 2.36. The Labute approximate surface area is 143 Å². The van der Waals surface area contributed by atoms with E-state index in [0.29, 0.717) is 30.9 Å². The topological polar surface area (TPSA) is 87.7 Å². The van der Waals surface area contributed by atoms with Crippen LogP contribution >= 0.6 is 11.3 Å². The molecule has 0 aliphatic carbocycles. The molecule has 0 spiro atoms. The van der Waals surface area contributed by atoms with Gasteiger partial charge in [0.05, 0.1) is 19.7 Å². The van der Waals surface area contributed by atoms with E-state index in [0.717, 1.165) is 4.88 Å². The van der Waals surface area contributed by atoms with Gasteiger partial charge >= 0.3 is 11.8 Å². The van der Waals surface area contributed by atoms with Crippen LogP contribution in [0.2, 0.25) is 0 Å². The number of nitrogens with one attached hydrogen (secondary N) is 2. The summed E-state index contributed by atoms with van der Waals surface area (Å²) < 4.78 is 5.50. The van der Waals surface area contributed by atoms with E-state index in [4.69, 9.17) is 4.74 Å². The zero-order chi connectivity index (χ0) is 17.0. The SMILES string of the molecule is O=C(NCc1cccs1)C(=O)NC[C@@]1(O)CCOc2ccccc21. The molecule has 3 N–H and O–H groups in total. The second-order valence-electron chi connectivity index (χ2n) is 5.57. The largest absolute Gasteiger partial charge is 0.493 e. The van der Waals surface area contributed by atoms with Crippen molar-refractivity contribution >= 4 is 23.2 Å². The van der Waals surface area contributed by atoms with Gasteiger partial charge in [-0.05, 0) is 17.5 Å². The third kappa shape index (κ3) is 3.58. The molecule has 0 saturated carbocycles. The Kier molecular flexibility index (Phi) is 4.82. The van der Waals surface area contributed by atoms with Gasteiger partial charge in [0.15, 0.2) is 0 Å². The average molecular weight is 346 g/mol. The van der Waals surface area contributed by atoms with Crippen molar-refractivity contribution in [1.29, 1.82) is 0 Å². The summed E-state index contributed by atoms with van der Waals surface area (Å²) in [7, 11) is 0. The molecule has 0 saturated heterocycles. The summed E-state index contributed by atoms with van der Waals surface area (Å²) >= 11 is 1.50. The lowest BCUT2D eigenvalue weighted by atomic mass is 9.88. The quantitative estimate of drug-likeness (QED) is 0.725. The highest BCUT2D eigenvalue weighted by molar-refractivity contribution is 7.09. The number of ether oxygens (including phenoxy) is 1. The van der Waals surface area contributed by atoms with Crippen molar-refractivity contribution in [3.63, 3.8) is 0 Å². The molecule has 1 aromatic carbocycles. The van der Waals surface area contributed by atoms with Crippen molar-refractivity contribution < 1.29 is 19.4 Å². The number of amides is 2. The van der Waals surface area contributed by atoms with Crippen molar-refractivity contribution in [3.05, 3.63) is 52.2 Å². The maximum atomic E-state index is 11.9. The molecule has 1 aliphatic heterocycles. The Bertz CT molecular complexity index is 732. The van der Waals surface area contributed by atoms with E-state index in [1.165, 1.54) is 11.3 Å². The maximum Gasteiger partial charge on any atom is 0.309 e. The van der Waals surface area contributed by atoms with E-state index >= 15 is 0 Å². The van der Waals surface area contributed by atoms with E-state index in [1.54, 1.807) is 18.2 Å². The number of fused-ring (bicyclic) bond motifs is 1. The van der Waals surface area contributed by atoms with Crippen LogP contribution in [0.15, 0.2) is 41.8 Å². The molecule has 6 nitrogen and oxygen atoms in total. The van der Waals surface area contributed by atoms with E-state index in [1.807, 2.05) is 23.6 Å². The summed E-state index contributed by atoms with van der Waals surface area (Å²) in [4.78, 5) is 24.7. The van der Waals surface area contributed by atoms with E-state index in [2.05, 4.69) is 10.6 Å². The monoisotopic (exact) mass is 346 g/mol. The second kappa shape index (κ2) is 7.02. The normalized spacial score (nSPS) is 19.0. The first kappa shape index (κ1) is 16.5. The molecular weight excluding hydrogens is 328 g/mol. The molecule has 0 bridgehead atoms. The first-order chi connectivity index (χ1) is 11.6. The molecule has 2 amide bonds. The Balaban J connectivity index is 1.57. The van der Waals surface area contributed by atoms with Gasteiger partial charge in [0.25, 0.3) is 0 Å². The summed E-state index contributed by atoms with van der Waals surface area (Å²) in [5.74, 6) is -0.876. The van der Waals surface area contributed by atoms with Gasteiger partial charge in [-0.3, -0.25) is 9.59 Å². The molecular formula is C17H18N2O4S. The van der Waals surface area contributed by atoms with E-state index in [-0.39, 0.29) is 6.54 Å². The van der Waals surface area contributed by atoms with E-state index in [9.17, 15) is 14.7 Å². The first-order valence-corrected chi connectivity index (χ1v) is 8.49. The number of carbonyl (C=O) groups is 2. The van der Waals surface area contributed by atoms with Crippen LogP contribution in [0.1, 0.15) is 16.9 Å². The summed E-state index contributed by atoms with van der Waals surface area (Å²) in [6.07, 6.45) is 0.348. The molecule has 1 aromatic heterocycles. The lowest BCUT2D eigenvalue weighted by Gasteiger charge is -2.34. The second-order valence-corrected chi connectivity index (χ2v) is 6.60. The van der Waals surface area contributed by atoms with Crippen LogP contribution in [0.25, 0.3) is 0 Å². The standard InChI is InChI=1S/C17H18N2O4S/c20-15(18-10-12-4-3-9-24-12)16(21)19-11-17(22)7-8-23-14-6-2-1-5-13(14)17/h1-6,9,22H,7-8,10-11H2,(H,18,20)(H,19,21)/t17-/m0/s1. The summed E-state index contributed by atoms with van der Waals surface area (Å²) in [6, 6.07) is 10.9. The van der Waals surface area contributed by atoms with Gasteiger partial charge in [-0.2, -0.15) is 0 Å². The lowest BCUT2D eigenvalue weighted by Crippen LogP contribution is -2.47. The third-order valence-electron chi connectivity index (χ3n) is 3.91. The van der Waals surface area contributed by atoms with Crippen molar-refractivity contribution in [2.75, 3.05) is 13.2 Å². The molecule has 126 valence electrons. The van der Waals surface area contributed by atoms with Gasteiger partial charge in [-0.25, -0.2) is 0 Å². The van der Waals surface area contributed by atoms with Gasteiger partial charge in [0, 0.05) is 16.9 Å². The number of thiophene rings is 1. The maximum absolute atomic E-state index is 11.9. The molecule has 0 unspecified atom stereocenters. The molecule has 2 heterocycles. The number of hydrogen-bond donors (Lipinski definition) is 3. The number of benzene rings is 1. The van der Waals surface area contributed by atoms with Crippen LogP contribution in [-0.2, 0) is 21.7 Å². The minimum Gasteiger partial charge on any atom is -0.493 e. The molecule has 3 rings (SSSR count). The highest BCUT2D eigenvalue weighted by atomic mass is 32.1. The van der Waals surface area contributed by atoms with Crippen LogP contribution < -0.4 is 15.4 Å². The summed E-state index contributed by atoms with van der Waals surface area (Å²) in [5, 5.41) is 17.8. The molecule has 0 fully saturated rings. The first-order valence-electron chi connectivity index (χ1n) is 7.61. The molecule has 2 aromatic rings. The van der Waals surface area contributed by atoms with Crippen molar-refractivity contribution in [1.82, 2.24) is 10.6 Å². The Hall–Kier alpha value is -2.38. The zero-order valence-corrected chi connectivity index (χ0v) is 13.8. The smallest absolute Gasteiger partial charge is 0.309 e. The number of hydrogen-bond acceptors (Lipinski definition) is 5. The lowest BCUT2D eigenvalue weighted by molar-refractivity contribution is -0.140. The average Bonchev–Trinajstić information content (AvgIpc) is 3.11. The number of para-hydroxylation sites is 1. The molecule has 24 heavy (non-hydrogen) atoms. The van der Waals surface area contributed by atoms with Gasteiger partial charge in [0.2, 0.25) is 0 Å². The van der Waals surface area contributed by atoms with Gasteiger partial charge in [-0.15, -0.1) is 11.3 Å². The number of carbonyl (C=O) groups excluding carboxylic acids is 2. The van der Waals surface area contributed by atoms with Crippen LogP contribution in [0.3, 0.4) is 0 Å². The Morgan fingerprint density at radius 3 is 2.75 bits per heavy atom. The fraction of sp³-hybridized carbons (Fsp3) is 0.294. The van der Waals surface area contributed by atoms with Crippen LogP contribution in [0.5, 0.6) is 5.75 Å². The fourth-order valence-electron chi connectivity index (χ4n) is 2.59. The predicted octanol–water partition coefficient (Wildman–Crippen LogP) is 1.15. The van der Waals surface area contributed by atoms with Crippen LogP contribution in [-0.4, -0.2) is 30.1 Å². The van der Waals surface area contributed by atoms with Crippen molar-refractivity contribution in [2.45, 2.75) is 18.6 Å². The van der Waals surface area contributed by atoms with Gasteiger partial charge in [0.1, 0.15) is 11.4 Å². The Morgan fingerprint density at radius 2 is 1.96 bits per heavy atom. The minimum atomic E-state index is -1.24. The van der Waals surface area contributed by atoms with Gasteiger partial charge in [-0.1, -0.05) is 24.3 Å². The molecule has 7 heteroatoms. The molecule has 1 atom stereocenters. The fourth-order valence-corrected chi connectivity index (χ4v) is 3.24. The van der Waals surface area contributed by atoms with Crippen LogP contribution in [0.4, 0.5) is 0 Å². The summed E-state index contributed by atoms with van der Waals surface area (Å²) in [5.41, 5.74) is -0.617. The van der Waals surface area contributed by atoms with E-state index < -0.39 is 17.4 Å². The highest BCUT2D eigenvalue weighted by Crippen LogP contribution is 2.36. The van der Waals surface area contributed by atoms with Crippen molar-refractivity contribution in [3.8, 4) is 5.75 Å². The zero-order valence-electron chi connectivity index (χ0n) is 13.0. The van der Waals surface area contributed by atoms with Crippen LogP contribution in [0, 0.1) is 0 Å². The minimum absolute atomic E-state index is 0.0430. The third-order valence-corrected chi connectivity index (χ3v) is 4.79. The predicted molar refractivity (Wildman–Crippen MR) is 89.6 cm³/mol. The summed E-state index contributed by atoms with van der Waals surface area (Å²) in [6.45, 7) is 0.622. The Morgan fingerprint density at radius 1 is 1.17 bits per heavy atom. The van der Waals surface area contributed by atoms with Gasteiger partial charge < -0.3 is 20.5 Å². The molecule has 0 radical (unpaired) electrons.